The summed E-state index contributed by atoms with van der Waals surface area (Å²) in [6.45, 7) is 1.59. The number of nitrogens with two attached hydrogens (primary N) is 2. The Labute approximate surface area is 173 Å². The van der Waals surface area contributed by atoms with E-state index in [0.29, 0.717) is 5.70 Å². The number of hydrogen-bond acceptors (Lipinski definition) is 6. The Balaban J connectivity index is 1.88. The van der Waals surface area contributed by atoms with Gasteiger partial charge in [-0.2, -0.15) is 13.2 Å². The zero-order valence-corrected chi connectivity index (χ0v) is 16.4. The lowest BCUT2D eigenvalue weighted by molar-refractivity contribution is -0.137. The molecule has 0 bridgehead atoms. The predicted octanol–water partition coefficient (Wildman–Crippen LogP) is 3.07. The molecular weight excluding hydrogens is 428 g/mol. The van der Waals surface area contributed by atoms with Gasteiger partial charge in [-0.25, -0.2) is 25.2 Å². The molecule has 1 atom stereocenters. The summed E-state index contributed by atoms with van der Waals surface area (Å²) < 4.78 is 52.3. The Kier molecular flexibility index (Phi) is 5.86. The smallest absolute Gasteiger partial charge is 0.399 e. The molecule has 0 saturated heterocycles. The van der Waals surface area contributed by atoms with Crippen LogP contribution in [0.5, 0.6) is 0 Å². The lowest BCUT2D eigenvalue weighted by Crippen LogP contribution is -2.48. The Bertz CT molecular complexity index is 995. The van der Waals surface area contributed by atoms with Crippen LogP contribution in [-0.2, 0) is 6.18 Å². The van der Waals surface area contributed by atoms with Crippen molar-refractivity contribution in [1.29, 1.82) is 0 Å². The van der Waals surface area contributed by atoms with E-state index in [1.165, 1.54) is 11.0 Å². The molecule has 12 heteroatoms. The summed E-state index contributed by atoms with van der Waals surface area (Å²) in [6, 6.07) is 2.68. The van der Waals surface area contributed by atoms with Crippen LogP contribution in [0.4, 0.5) is 23.5 Å². The number of rotatable bonds is 3. The number of carbonyl (C=O) groups excluding carboxylic acids is 1. The number of benzene rings is 1. The summed E-state index contributed by atoms with van der Waals surface area (Å²) in [4.78, 5) is 21.8. The first-order valence-corrected chi connectivity index (χ1v) is 9.05. The molecule has 0 saturated carbocycles. The molecule has 1 unspecified atom stereocenters. The molecule has 0 spiro atoms. The third kappa shape index (κ3) is 4.17. The topological polar surface area (TPSA) is 101 Å². The number of alkyl halides is 3. The van der Waals surface area contributed by atoms with Crippen LogP contribution in [0, 0.1) is 5.82 Å². The van der Waals surface area contributed by atoms with Crippen molar-refractivity contribution >= 4 is 23.5 Å². The molecule has 1 aromatic heterocycles. The van der Waals surface area contributed by atoms with E-state index in [0.717, 1.165) is 29.5 Å². The summed E-state index contributed by atoms with van der Waals surface area (Å²) in [5, 5.41) is 0.417. The van der Waals surface area contributed by atoms with Crippen LogP contribution in [0.15, 0.2) is 42.0 Å². The second kappa shape index (κ2) is 8.07. The number of carbonyl (C=O) groups is 1. The van der Waals surface area contributed by atoms with Crippen LogP contribution in [0.25, 0.3) is 0 Å². The van der Waals surface area contributed by atoms with Gasteiger partial charge in [0.1, 0.15) is 0 Å². The van der Waals surface area contributed by atoms with Crippen LogP contribution < -0.4 is 16.6 Å². The largest absolute Gasteiger partial charge is 0.417 e. The third-order valence-corrected chi connectivity index (χ3v) is 5.05. The second-order valence-corrected chi connectivity index (χ2v) is 7.07. The van der Waals surface area contributed by atoms with E-state index in [-0.39, 0.29) is 30.2 Å². The van der Waals surface area contributed by atoms with Gasteiger partial charge in [-0.15, -0.1) is 0 Å². The molecule has 1 aliphatic heterocycles. The number of hydrogen-bond donors (Lipinski definition) is 2. The SMILES string of the molecule is CC1CC(N(N)c2ncc(F)cn2)=C(N)CN1C(=O)c1cccc(C(F)(F)F)c1Cl. The van der Waals surface area contributed by atoms with Crippen molar-refractivity contribution in [2.75, 3.05) is 11.6 Å². The molecule has 2 aromatic rings. The highest BCUT2D eigenvalue weighted by molar-refractivity contribution is 6.34. The lowest BCUT2D eigenvalue weighted by Gasteiger charge is -2.37. The fourth-order valence-electron chi connectivity index (χ4n) is 3.10. The van der Waals surface area contributed by atoms with Crippen LogP contribution in [-0.4, -0.2) is 33.4 Å². The molecule has 160 valence electrons. The van der Waals surface area contributed by atoms with Gasteiger partial charge in [0.25, 0.3) is 5.91 Å². The first-order valence-electron chi connectivity index (χ1n) is 8.67. The van der Waals surface area contributed by atoms with Crippen molar-refractivity contribution in [2.45, 2.75) is 25.6 Å². The summed E-state index contributed by atoms with van der Waals surface area (Å²) in [5.41, 5.74) is 5.31. The van der Waals surface area contributed by atoms with E-state index in [4.69, 9.17) is 23.2 Å². The maximum absolute atomic E-state index is 13.1. The van der Waals surface area contributed by atoms with E-state index in [1.54, 1.807) is 6.92 Å². The molecule has 0 aliphatic carbocycles. The fourth-order valence-corrected chi connectivity index (χ4v) is 3.41. The predicted molar refractivity (Wildman–Crippen MR) is 101 cm³/mol. The minimum Gasteiger partial charge on any atom is -0.399 e. The van der Waals surface area contributed by atoms with E-state index in [2.05, 4.69) is 9.97 Å². The van der Waals surface area contributed by atoms with Gasteiger partial charge in [-0.05, 0) is 19.1 Å². The van der Waals surface area contributed by atoms with Crippen LogP contribution >= 0.6 is 11.6 Å². The van der Waals surface area contributed by atoms with Gasteiger partial charge in [0.05, 0.1) is 40.8 Å². The third-order valence-electron chi connectivity index (χ3n) is 4.64. The average Bonchev–Trinajstić information content (AvgIpc) is 2.68. The first kappa shape index (κ1) is 21.8. The molecule has 30 heavy (non-hydrogen) atoms. The number of aromatic nitrogens is 2. The minimum absolute atomic E-state index is 0.00208. The van der Waals surface area contributed by atoms with Gasteiger partial charge < -0.3 is 10.6 Å². The number of nitrogens with zero attached hydrogens (tertiary/aromatic N) is 4. The summed E-state index contributed by atoms with van der Waals surface area (Å²) >= 11 is 5.88. The summed E-state index contributed by atoms with van der Waals surface area (Å²) in [5.74, 6) is 4.67. The normalized spacial score (nSPS) is 17.3. The Morgan fingerprint density at radius 1 is 1.30 bits per heavy atom. The highest BCUT2D eigenvalue weighted by atomic mass is 35.5. The number of halogens is 5. The van der Waals surface area contributed by atoms with Crippen LogP contribution in [0.2, 0.25) is 5.02 Å². The maximum atomic E-state index is 13.1. The van der Waals surface area contributed by atoms with Crippen molar-refractivity contribution in [3.63, 3.8) is 0 Å². The molecule has 0 fully saturated rings. The van der Waals surface area contributed by atoms with Crippen LogP contribution in [0.1, 0.15) is 29.3 Å². The Morgan fingerprint density at radius 2 is 1.93 bits per heavy atom. The molecule has 3 rings (SSSR count). The van der Waals surface area contributed by atoms with Crippen LogP contribution in [0.3, 0.4) is 0 Å². The Morgan fingerprint density at radius 3 is 2.53 bits per heavy atom. The monoisotopic (exact) mass is 444 g/mol. The molecule has 1 amide bonds. The number of hydrazine groups is 1. The van der Waals surface area contributed by atoms with Gasteiger partial charge in [0, 0.05) is 18.2 Å². The highest BCUT2D eigenvalue weighted by Gasteiger charge is 2.37. The van der Waals surface area contributed by atoms with E-state index < -0.39 is 34.5 Å². The van der Waals surface area contributed by atoms with Crippen molar-refractivity contribution in [1.82, 2.24) is 14.9 Å². The summed E-state index contributed by atoms with van der Waals surface area (Å²) in [6.07, 6.45) is -2.64. The lowest BCUT2D eigenvalue weighted by atomic mass is 10.0. The molecule has 4 N–H and O–H groups in total. The molecule has 1 aromatic carbocycles. The molecular formula is C18H17ClF4N6O. The van der Waals surface area contributed by atoms with E-state index in [9.17, 15) is 22.4 Å². The van der Waals surface area contributed by atoms with E-state index >= 15 is 0 Å². The van der Waals surface area contributed by atoms with Gasteiger partial charge in [0.15, 0.2) is 5.82 Å². The van der Waals surface area contributed by atoms with Crippen molar-refractivity contribution in [2.24, 2.45) is 11.6 Å². The van der Waals surface area contributed by atoms with Crippen molar-refractivity contribution < 1.29 is 22.4 Å². The van der Waals surface area contributed by atoms with Gasteiger partial charge in [0.2, 0.25) is 5.95 Å². The summed E-state index contributed by atoms with van der Waals surface area (Å²) in [7, 11) is 0. The van der Waals surface area contributed by atoms with E-state index in [1.807, 2.05) is 0 Å². The standard InChI is InChI=1S/C18H17ClF4N6O/c1-9-5-14(29(25)17-26-6-10(20)7-27-17)13(24)8-28(9)16(30)11-3-2-4-12(15(11)19)18(21,22)23/h2-4,6-7,9H,5,8,24-25H2,1H3. The van der Waals surface area contributed by atoms with Gasteiger partial charge in [-0.3, -0.25) is 4.79 Å². The van der Waals surface area contributed by atoms with Gasteiger partial charge >= 0.3 is 6.18 Å². The molecule has 7 nitrogen and oxygen atoms in total. The number of anilines is 1. The maximum Gasteiger partial charge on any atom is 0.417 e. The van der Waals surface area contributed by atoms with Gasteiger partial charge in [-0.1, -0.05) is 17.7 Å². The number of amides is 1. The fraction of sp³-hybridized carbons (Fsp3) is 0.278. The minimum atomic E-state index is -4.69. The molecule has 0 radical (unpaired) electrons. The zero-order chi connectivity index (χ0) is 22.2. The zero-order valence-electron chi connectivity index (χ0n) is 15.6. The first-order chi connectivity index (χ1) is 14.0. The average molecular weight is 445 g/mol. The molecule has 2 heterocycles. The van der Waals surface area contributed by atoms with Crippen molar-refractivity contribution in [3.8, 4) is 0 Å². The quantitative estimate of drug-likeness (QED) is 0.428. The molecule has 1 aliphatic rings. The highest BCUT2D eigenvalue weighted by Crippen LogP contribution is 2.37. The van der Waals surface area contributed by atoms with Crippen molar-refractivity contribution in [3.05, 3.63) is 64.0 Å². The second-order valence-electron chi connectivity index (χ2n) is 6.69. The Hall–Kier alpha value is -2.92.